The third kappa shape index (κ3) is 5.22. The minimum absolute atomic E-state index is 0.472. The molecule has 258 valence electrons. The van der Waals surface area contributed by atoms with Crippen LogP contribution in [0.1, 0.15) is 22.9 Å². The third-order valence-electron chi connectivity index (χ3n) is 11.0. The van der Waals surface area contributed by atoms with Crippen molar-refractivity contribution >= 4 is 65.9 Å². The highest BCUT2D eigenvalue weighted by Gasteiger charge is 2.28. The summed E-state index contributed by atoms with van der Waals surface area (Å²) >= 11 is 0. The van der Waals surface area contributed by atoms with Crippen LogP contribution in [0.5, 0.6) is 0 Å². The van der Waals surface area contributed by atoms with E-state index in [1.165, 1.54) is 37.9 Å². The van der Waals surface area contributed by atoms with Gasteiger partial charge in [0.1, 0.15) is 23.2 Å². The van der Waals surface area contributed by atoms with Crippen LogP contribution >= 0.6 is 0 Å². The summed E-state index contributed by atoms with van der Waals surface area (Å²) in [4.78, 5) is 10.6. The Kier molecular flexibility index (Phi) is 7.20. The molecule has 0 saturated heterocycles. The van der Waals surface area contributed by atoms with Gasteiger partial charge in [-0.2, -0.15) is 0 Å². The Bertz CT molecular complexity index is 3120. The van der Waals surface area contributed by atoms with Gasteiger partial charge in [-0.05, 0) is 72.8 Å². The number of fused-ring (bicyclic) bond motifs is 9. The zero-order valence-electron chi connectivity index (χ0n) is 29.8. The summed E-state index contributed by atoms with van der Waals surface area (Å²) in [5.41, 5.74) is 9.20. The molecule has 0 fully saturated rings. The van der Waals surface area contributed by atoms with Crippen molar-refractivity contribution in [3.63, 3.8) is 0 Å². The molecule has 0 bridgehead atoms. The number of nitrogens with zero attached hydrogens (tertiary/aromatic N) is 2. The van der Waals surface area contributed by atoms with Crippen LogP contribution in [-0.4, -0.2) is 11.7 Å². The van der Waals surface area contributed by atoms with Crippen LogP contribution in [0.25, 0.3) is 76.5 Å². The van der Waals surface area contributed by atoms with Crippen molar-refractivity contribution < 1.29 is 4.42 Å². The smallest absolute Gasteiger partial charge is 0.159 e. The molecule has 1 aromatic heterocycles. The van der Waals surface area contributed by atoms with Crippen LogP contribution in [-0.2, 0) is 0 Å². The minimum atomic E-state index is -0.472. The van der Waals surface area contributed by atoms with Crippen LogP contribution in [0.15, 0.2) is 202 Å². The lowest BCUT2D eigenvalue weighted by Gasteiger charge is -2.26. The van der Waals surface area contributed by atoms with Crippen molar-refractivity contribution in [3.8, 4) is 22.3 Å². The van der Waals surface area contributed by atoms with E-state index in [0.29, 0.717) is 5.84 Å². The fourth-order valence-corrected chi connectivity index (χ4v) is 8.37. The van der Waals surface area contributed by atoms with Gasteiger partial charge in [0.25, 0.3) is 0 Å². The first-order valence-corrected chi connectivity index (χ1v) is 18.7. The Hall–Kier alpha value is -7.30. The Labute approximate surface area is 317 Å². The van der Waals surface area contributed by atoms with Crippen molar-refractivity contribution in [2.75, 3.05) is 0 Å². The first-order chi connectivity index (χ1) is 27.3. The number of hydrogen-bond acceptors (Lipinski definition) is 4. The molecular formula is C51H33N3O. The minimum Gasteiger partial charge on any atom is -0.456 e. The number of benzene rings is 9. The predicted molar refractivity (Wildman–Crippen MR) is 229 cm³/mol. The average Bonchev–Trinajstić information content (AvgIpc) is 3.65. The molecule has 4 heteroatoms. The predicted octanol–water partition coefficient (Wildman–Crippen LogP) is 12.9. The molecule has 0 amide bonds. The van der Waals surface area contributed by atoms with Gasteiger partial charge in [-0.1, -0.05) is 170 Å². The molecule has 2 heterocycles. The summed E-state index contributed by atoms with van der Waals surface area (Å²) in [6.07, 6.45) is -0.472. The summed E-state index contributed by atoms with van der Waals surface area (Å²) in [5.74, 6) is 1.45. The molecule has 1 unspecified atom stereocenters. The van der Waals surface area contributed by atoms with E-state index in [-0.39, 0.29) is 0 Å². The van der Waals surface area contributed by atoms with Crippen molar-refractivity contribution in [2.24, 2.45) is 9.98 Å². The van der Waals surface area contributed by atoms with Crippen molar-refractivity contribution in [3.05, 3.63) is 205 Å². The summed E-state index contributed by atoms with van der Waals surface area (Å²) in [7, 11) is 0. The number of furan rings is 1. The number of nitrogens with one attached hydrogen (secondary N) is 1. The van der Waals surface area contributed by atoms with Crippen molar-refractivity contribution in [2.45, 2.75) is 6.17 Å². The summed E-state index contributed by atoms with van der Waals surface area (Å²) in [6, 6.07) is 66.3. The summed E-state index contributed by atoms with van der Waals surface area (Å²) in [6.45, 7) is 0. The standard InChI is InChI=1S/C51H33N3O/c1-3-13-32(14-4-1)33-23-25-35(26-24-33)50-52-49(34-15-5-2-6-16-34)53-51(54-50)48-37(29-30-46-47(48)43-21-11-12-22-45(43)55-46)36-27-28-42-40-19-8-7-17-38(40)39-18-9-10-20-41(39)44(42)31-36/h1-31,51H,(H,52,53,54). The number of rotatable bonds is 5. The zero-order chi connectivity index (χ0) is 36.3. The lowest BCUT2D eigenvalue weighted by atomic mass is 9.89. The quantitative estimate of drug-likeness (QED) is 0.181. The van der Waals surface area contributed by atoms with E-state index in [1.54, 1.807) is 0 Å². The van der Waals surface area contributed by atoms with Gasteiger partial charge in [0.05, 0.1) is 0 Å². The van der Waals surface area contributed by atoms with Crippen LogP contribution in [0.2, 0.25) is 0 Å². The van der Waals surface area contributed by atoms with E-state index in [9.17, 15) is 0 Å². The number of para-hydroxylation sites is 1. The molecule has 1 aliphatic rings. The molecule has 1 atom stereocenters. The summed E-state index contributed by atoms with van der Waals surface area (Å²) in [5, 5.41) is 13.4. The maximum atomic E-state index is 6.52. The monoisotopic (exact) mass is 703 g/mol. The lowest BCUT2D eigenvalue weighted by Crippen LogP contribution is -2.34. The van der Waals surface area contributed by atoms with Gasteiger partial charge < -0.3 is 9.73 Å². The first kappa shape index (κ1) is 31.2. The maximum Gasteiger partial charge on any atom is 0.159 e. The third-order valence-corrected chi connectivity index (χ3v) is 11.0. The van der Waals surface area contributed by atoms with E-state index in [2.05, 4.69) is 157 Å². The van der Waals surface area contributed by atoms with Crippen molar-refractivity contribution in [1.29, 1.82) is 0 Å². The normalized spacial score (nSPS) is 14.4. The van der Waals surface area contributed by atoms with E-state index < -0.39 is 6.17 Å². The SMILES string of the molecule is c1ccc(C2=NC(c3ccc(-c4ccccc4)cc3)=NC(c3c(-c4ccc5c6ccccc6c6ccccc6c5c4)ccc4oc5ccccc5c34)N2)cc1. The Morgan fingerprint density at radius 2 is 0.927 bits per heavy atom. The van der Waals surface area contributed by atoms with Crippen molar-refractivity contribution in [1.82, 2.24) is 5.32 Å². The molecule has 10 aromatic rings. The van der Waals surface area contributed by atoms with Crippen LogP contribution in [0.4, 0.5) is 0 Å². The lowest BCUT2D eigenvalue weighted by molar-refractivity contribution is 0.663. The Morgan fingerprint density at radius 1 is 0.400 bits per heavy atom. The molecule has 1 aliphatic heterocycles. The zero-order valence-corrected chi connectivity index (χ0v) is 29.8. The fraction of sp³-hybridized carbons (Fsp3) is 0.0196. The Balaban J connectivity index is 1.15. The maximum absolute atomic E-state index is 6.52. The summed E-state index contributed by atoms with van der Waals surface area (Å²) < 4.78 is 6.52. The molecule has 0 aliphatic carbocycles. The number of amidine groups is 2. The molecule has 11 rings (SSSR count). The molecule has 55 heavy (non-hydrogen) atoms. The molecule has 9 aromatic carbocycles. The largest absolute Gasteiger partial charge is 0.456 e. The molecule has 4 nitrogen and oxygen atoms in total. The van der Waals surface area contributed by atoms with Crippen LogP contribution in [0.3, 0.4) is 0 Å². The average molecular weight is 704 g/mol. The highest BCUT2D eigenvalue weighted by molar-refractivity contribution is 6.26. The number of hydrogen-bond donors (Lipinski definition) is 1. The van der Waals surface area contributed by atoms with Gasteiger partial charge in [0.15, 0.2) is 5.84 Å². The highest BCUT2D eigenvalue weighted by Crippen LogP contribution is 2.43. The highest BCUT2D eigenvalue weighted by atomic mass is 16.3. The van der Waals surface area contributed by atoms with E-state index in [1.807, 2.05) is 36.4 Å². The second-order valence-electron chi connectivity index (χ2n) is 14.1. The van der Waals surface area contributed by atoms with E-state index in [4.69, 9.17) is 14.4 Å². The van der Waals surface area contributed by atoms with Gasteiger partial charge in [0.2, 0.25) is 0 Å². The van der Waals surface area contributed by atoms with Gasteiger partial charge in [-0.25, -0.2) is 9.98 Å². The molecule has 0 radical (unpaired) electrons. The van der Waals surface area contributed by atoms with Gasteiger partial charge >= 0.3 is 0 Å². The second kappa shape index (κ2) is 12.7. The molecular weight excluding hydrogens is 671 g/mol. The fourth-order valence-electron chi connectivity index (χ4n) is 8.37. The molecule has 0 spiro atoms. The van der Waals surface area contributed by atoms with E-state index in [0.717, 1.165) is 61.2 Å². The first-order valence-electron chi connectivity index (χ1n) is 18.7. The van der Waals surface area contributed by atoms with Crippen LogP contribution < -0.4 is 5.32 Å². The molecule has 1 N–H and O–H groups in total. The van der Waals surface area contributed by atoms with Gasteiger partial charge in [-0.3, -0.25) is 0 Å². The van der Waals surface area contributed by atoms with Gasteiger partial charge in [0, 0.05) is 27.5 Å². The Morgan fingerprint density at radius 3 is 1.62 bits per heavy atom. The van der Waals surface area contributed by atoms with E-state index >= 15 is 0 Å². The second-order valence-corrected chi connectivity index (χ2v) is 14.1. The molecule has 0 saturated carbocycles. The van der Waals surface area contributed by atoms with Crippen LogP contribution in [0, 0.1) is 0 Å². The number of aliphatic imine (C=N–C) groups is 2. The van der Waals surface area contributed by atoms with Gasteiger partial charge in [-0.15, -0.1) is 0 Å². The topological polar surface area (TPSA) is 49.9 Å².